The topological polar surface area (TPSA) is 44.0 Å². The van der Waals surface area contributed by atoms with Crippen LogP contribution in [-0.4, -0.2) is 5.11 Å². The van der Waals surface area contributed by atoms with Crippen molar-refractivity contribution in [3.8, 4) is 6.07 Å². The van der Waals surface area contributed by atoms with E-state index in [4.69, 9.17) is 0 Å². The van der Waals surface area contributed by atoms with Gasteiger partial charge in [0.1, 0.15) is 11.9 Å². The van der Waals surface area contributed by atoms with Crippen molar-refractivity contribution >= 4 is 0 Å². The normalized spacial score (nSPS) is 22.0. The lowest BCUT2D eigenvalue weighted by Gasteiger charge is -2.42. The number of aliphatic hydroxyl groups is 1. The van der Waals surface area contributed by atoms with Crippen molar-refractivity contribution in [3.63, 3.8) is 0 Å². The highest BCUT2D eigenvalue weighted by atomic mass is 19.1. The van der Waals surface area contributed by atoms with E-state index in [-0.39, 0.29) is 11.0 Å². The van der Waals surface area contributed by atoms with Crippen LogP contribution in [0.2, 0.25) is 0 Å². The van der Waals surface area contributed by atoms with Gasteiger partial charge in [-0.25, -0.2) is 4.39 Å². The zero-order chi connectivity index (χ0) is 15.0. The van der Waals surface area contributed by atoms with Crippen LogP contribution in [0.1, 0.15) is 56.8 Å². The highest BCUT2D eigenvalue weighted by molar-refractivity contribution is 5.29. The largest absolute Gasteiger partial charge is 0.387 e. The first-order chi connectivity index (χ1) is 9.30. The Labute approximate surface area is 120 Å². The minimum absolute atomic E-state index is 0.200. The second kappa shape index (κ2) is 5.18. The Morgan fingerprint density at radius 1 is 1.25 bits per heavy atom. The summed E-state index contributed by atoms with van der Waals surface area (Å²) in [6.07, 6.45) is 1.94. The molecule has 1 atom stereocenters. The molecule has 1 aliphatic rings. The molecule has 0 radical (unpaired) electrons. The van der Waals surface area contributed by atoms with Gasteiger partial charge in [0, 0.05) is 5.56 Å². The molecule has 0 amide bonds. The van der Waals surface area contributed by atoms with Gasteiger partial charge in [0.2, 0.25) is 0 Å². The molecular weight excluding hydrogens is 253 g/mol. The first-order valence-corrected chi connectivity index (χ1v) is 7.15. The Kier molecular flexibility index (Phi) is 3.88. The van der Waals surface area contributed by atoms with Crippen LogP contribution in [0.15, 0.2) is 18.2 Å². The lowest BCUT2D eigenvalue weighted by Crippen LogP contribution is -2.35. The molecule has 1 fully saturated rings. The van der Waals surface area contributed by atoms with Crippen LogP contribution in [0.25, 0.3) is 0 Å². The Balaban J connectivity index is 2.33. The number of aliphatic hydroxyl groups excluding tert-OH is 1. The van der Waals surface area contributed by atoms with Gasteiger partial charge in [-0.3, -0.25) is 0 Å². The molecule has 0 aromatic heterocycles. The molecule has 3 heteroatoms. The van der Waals surface area contributed by atoms with E-state index < -0.39 is 17.3 Å². The molecule has 1 N–H and O–H groups in total. The van der Waals surface area contributed by atoms with Crippen molar-refractivity contribution < 1.29 is 9.50 Å². The number of hydrogen-bond acceptors (Lipinski definition) is 2. The maximum Gasteiger partial charge on any atom is 0.129 e. The third-order valence-corrected chi connectivity index (χ3v) is 4.69. The van der Waals surface area contributed by atoms with Crippen molar-refractivity contribution in [1.29, 1.82) is 5.26 Å². The number of nitriles is 1. The molecule has 2 nitrogen and oxygen atoms in total. The van der Waals surface area contributed by atoms with E-state index in [1.54, 1.807) is 12.1 Å². The van der Waals surface area contributed by atoms with E-state index in [1.807, 2.05) is 6.92 Å². The van der Waals surface area contributed by atoms with Crippen molar-refractivity contribution in [1.82, 2.24) is 0 Å². The summed E-state index contributed by atoms with van der Waals surface area (Å²) in [5.74, 6) is -0.428. The van der Waals surface area contributed by atoms with Crippen LogP contribution >= 0.6 is 0 Å². The van der Waals surface area contributed by atoms with Crippen LogP contribution < -0.4 is 0 Å². The number of aryl methyl sites for hydroxylation is 1. The third-order valence-electron chi connectivity index (χ3n) is 4.69. The predicted octanol–water partition coefficient (Wildman–Crippen LogP) is 4.28. The third kappa shape index (κ3) is 2.71. The average molecular weight is 275 g/mol. The molecule has 0 spiro atoms. The molecule has 1 aromatic rings. The highest BCUT2D eigenvalue weighted by Gasteiger charge is 2.45. The minimum atomic E-state index is -1.05. The summed E-state index contributed by atoms with van der Waals surface area (Å²) in [5.41, 5.74) is 0.492. The Hall–Kier alpha value is -1.40. The standard InChI is InChI=1S/C17H22FNO/c1-12-4-5-14(18)13(10-12)15(20)17(11-19)8-6-16(2,3)7-9-17/h4-5,10,15,20H,6-9H2,1-3H3. The van der Waals surface area contributed by atoms with Gasteiger partial charge in [-0.2, -0.15) is 5.26 Å². The molecule has 0 aliphatic heterocycles. The molecule has 1 saturated carbocycles. The van der Waals surface area contributed by atoms with Crippen LogP contribution in [0.4, 0.5) is 4.39 Å². The average Bonchev–Trinajstić information content (AvgIpc) is 2.41. The second-order valence-electron chi connectivity index (χ2n) is 6.86. The summed E-state index contributed by atoms with van der Waals surface area (Å²) in [4.78, 5) is 0. The summed E-state index contributed by atoms with van der Waals surface area (Å²) in [7, 11) is 0. The maximum absolute atomic E-state index is 14.0. The Morgan fingerprint density at radius 2 is 1.85 bits per heavy atom. The molecule has 2 rings (SSSR count). The second-order valence-corrected chi connectivity index (χ2v) is 6.86. The van der Waals surface area contributed by atoms with Gasteiger partial charge in [-0.15, -0.1) is 0 Å². The monoisotopic (exact) mass is 275 g/mol. The summed E-state index contributed by atoms with van der Waals surface area (Å²) in [6, 6.07) is 6.98. The van der Waals surface area contributed by atoms with Gasteiger partial charge < -0.3 is 5.11 Å². The predicted molar refractivity (Wildman–Crippen MR) is 76.4 cm³/mol. The number of rotatable bonds is 2. The molecule has 1 unspecified atom stereocenters. The van der Waals surface area contributed by atoms with E-state index in [0.29, 0.717) is 12.8 Å². The molecule has 0 bridgehead atoms. The van der Waals surface area contributed by atoms with Gasteiger partial charge >= 0.3 is 0 Å². The molecular formula is C17H22FNO. The van der Waals surface area contributed by atoms with E-state index in [2.05, 4.69) is 19.9 Å². The molecule has 1 aliphatic carbocycles. The summed E-state index contributed by atoms with van der Waals surface area (Å²) in [6.45, 7) is 6.21. The molecule has 1 aromatic carbocycles. The Bertz CT molecular complexity index is 534. The van der Waals surface area contributed by atoms with E-state index >= 15 is 0 Å². The number of halogens is 1. The minimum Gasteiger partial charge on any atom is -0.387 e. The SMILES string of the molecule is Cc1ccc(F)c(C(O)C2(C#N)CCC(C)(C)CC2)c1. The smallest absolute Gasteiger partial charge is 0.129 e. The number of benzene rings is 1. The lowest BCUT2D eigenvalue weighted by atomic mass is 9.62. The van der Waals surface area contributed by atoms with Gasteiger partial charge in [0.25, 0.3) is 0 Å². The van der Waals surface area contributed by atoms with Crippen molar-refractivity contribution in [3.05, 3.63) is 35.1 Å². The van der Waals surface area contributed by atoms with Gasteiger partial charge in [-0.05, 0) is 44.1 Å². The maximum atomic E-state index is 14.0. The van der Waals surface area contributed by atoms with Crippen LogP contribution in [0, 0.1) is 34.9 Å². The van der Waals surface area contributed by atoms with Crippen molar-refractivity contribution in [2.45, 2.75) is 52.6 Å². The van der Waals surface area contributed by atoms with Crippen LogP contribution in [0.3, 0.4) is 0 Å². The molecule has 0 saturated heterocycles. The van der Waals surface area contributed by atoms with Crippen LogP contribution in [0.5, 0.6) is 0 Å². The quantitative estimate of drug-likeness (QED) is 0.875. The van der Waals surface area contributed by atoms with Crippen molar-refractivity contribution in [2.75, 3.05) is 0 Å². The van der Waals surface area contributed by atoms with Crippen LogP contribution in [-0.2, 0) is 0 Å². The van der Waals surface area contributed by atoms with Gasteiger partial charge in [0.15, 0.2) is 0 Å². The Morgan fingerprint density at radius 3 is 2.40 bits per heavy atom. The van der Waals surface area contributed by atoms with E-state index in [0.717, 1.165) is 18.4 Å². The fourth-order valence-electron chi connectivity index (χ4n) is 2.99. The molecule has 0 heterocycles. The summed E-state index contributed by atoms with van der Waals surface area (Å²) in [5, 5.41) is 20.2. The lowest BCUT2D eigenvalue weighted by molar-refractivity contribution is 0.00749. The highest BCUT2D eigenvalue weighted by Crippen LogP contribution is 2.51. The van der Waals surface area contributed by atoms with E-state index in [1.165, 1.54) is 6.07 Å². The van der Waals surface area contributed by atoms with Gasteiger partial charge in [-0.1, -0.05) is 31.5 Å². The molecule has 108 valence electrons. The van der Waals surface area contributed by atoms with E-state index in [9.17, 15) is 14.8 Å². The zero-order valence-corrected chi connectivity index (χ0v) is 12.4. The fraction of sp³-hybridized carbons (Fsp3) is 0.588. The van der Waals surface area contributed by atoms with Crippen molar-refractivity contribution in [2.24, 2.45) is 10.8 Å². The first kappa shape index (κ1) is 15.0. The molecule has 20 heavy (non-hydrogen) atoms. The zero-order valence-electron chi connectivity index (χ0n) is 12.4. The first-order valence-electron chi connectivity index (χ1n) is 7.15. The number of nitrogens with zero attached hydrogens (tertiary/aromatic N) is 1. The fourth-order valence-corrected chi connectivity index (χ4v) is 2.99. The summed E-state index contributed by atoms with van der Waals surface area (Å²) < 4.78 is 14.0. The number of hydrogen-bond donors (Lipinski definition) is 1. The summed E-state index contributed by atoms with van der Waals surface area (Å²) >= 11 is 0. The van der Waals surface area contributed by atoms with Gasteiger partial charge in [0.05, 0.1) is 11.5 Å².